The molecule has 3 aromatic rings. The number of fused-ring (bicyclic) bond motifs is 1. The lowest BCUT2D eigenvalue weighted by Crippen LogP contribution is -2.30. The van der Waals surface area contributed by atoms with Crippen molar-refractivity contribution in [1.29, 1.82) is 0 Å². The quantitative estimate of drug-likeness (QED) is 0.765. The van der Waals surface area contributed by atoms with Gasteiger partial charge in [0.25, 0.3) is 0 Å². The highest BCUT2D eigenvalue weighted by Crippen LogP contribution is 2.32. The number of aromatic nitrogens is 2. The van der Waals surface area contributed by atoms with Crippen LogP contribution in [0.15, 0.2) is 42.5 Å². The number of phenolic OH excluding ortho intramolecular Hbond substituents is 1. The van der Waals surface area contributed by atoms with Gasteiger partial charge in [0.1, 0.15) is 11.6 Å². The Morgan fingerprint density at radius 3 is 2.54 bits per heavy atom. The number of hydrogen-bond donors (Lipinski definition) is 1. The zero-order valence-corrected chi connectivity index (χ0v) is 13.9. The minimum Gasteiger partial charge on any atom is -0.507 e. The number of hydrogen-bond acceptors (Lipinski definition) is 4. The second kappa shape index (κ2) is 6.11. The van der Waals surface area contributed by atoms with E-state index in [4.69, 9.17) is 9.97 Å². The van der Waals surface area contributed by atoms with E-state index in [1.54, 1.807) is 6.07 Å². The number of phenols is 1. The zero-order valence-electron chi connectivity index (χ0n) is 13.9. The Bertz CT molecular complexity index is 885. The van der Waals surface area contributed by atoms with E-state index in [0.717, 1.165) is 29.8 Å². The normalized spacial score (nSPS) is 15.0. The molecule has 4 rings (SSSR count). The van der Waals surface area contributed by atoms with Crippen LogP contribution in [-0.2, 0) is 0 Å². The van der Waals surface area contributed by atoms with Gasteiger partial charge in [0.05, 0.1) is 11.1 Å². The zero-order chi connectivity index (χ0) is 16.5. The summed E-state index contributed by atoms with van der Waals surface area (Å²) in [5.74, 6) is 1.79. The topological polar surface area (TPSA) is 49.2 Å². The highest BCUT2D eigenvalue weighted by atomic mass is 16.3. The molecule has 1 aliphatic heterocycles. The van der Waals surface area contributed by atoms with Crippen LogP contribution in [0.4, 0.5) is 5.82 Å². The molecule has 0 aliphatic carbocycles. The molecule has 0 radical (unpaired) electrons. The molecule has 0 saturated carbocycles. The average Bonchev–Trinajstić information content (AvgIpc) is 2.61. The van der Waals surface area contributed by atoms with Crippen molar-refractivity contribution in [2.45, 2.75) is 26.2 Å². The van der Waals surface area contributed by atoms with Crippen LogP contribution in [0.1, 0.15) is 24.8 Å². The van der Waals surface area contributed by atoms with Crippen molar-refractivity contribution in [1.82, 2.24) is 9.97 Å². The van der Waals surface area contributed by atoms with Crippen molar-refractivity contribution in [3.05, 3.63) is 48.0 Å². The first-order chi connectivity index (χ1) is 11.7. The van der Waals surface area contributed by atoms with Crippen LogP contribution in [0.2, 0.25) is 0 Å². The maximum absolute atomic E-state index is 10.2. The van der Waals surface area contributed by atoms with Crippen molar-refractivity contribution >= 4 is 16.7 Å². The Kier molecular flexibility index (Phi) is 3.81. The smallest absolute Gasteiger partial charge is 0.165 e. The van der Waals surface area contributed by atoms with E-state index >= 15 is 0 Å². The molecule has 2 heterocycles. The van der Waals surface area contributed by atoms with Gasteiger partial charge in [-0.1, -0.05) is 18.2 Å². The summed E-state index contributed by atoms with van der Waals surface area (Å²) in [6.45, 7) is 4.13. The average molecular weight is 319 g/mol. The third-order valence-electron chi connectivity index (χ3n) is 4.63. The summed E-state index contributed by atoms with van der Waals surface area (Å²) in [6.07, 6.45) is 3.68. The lowest BCUT2D eigenvalue weighted by Gasteiger charge is -2.29. The number of para-hydroxylation sites is 1. The van der Waals surface area contributed by atoms with Crippen molar-refractivity contribution < 1.29 is 5.11 Å². The second-order valence-corrected chi connectivity index (χ2v) is 6.46. The fraction of sp³-hybridized carbons (Fsp3) is 0.300. The number of anilines is 1. The summed E-state index contributed by atoms with van der Waals surface area (Å²) in [5, 5.41) is 11.3. The fourth-order valence-electron chi connectivity index (χ4n) is 3.35. The van der Waals surface area contributed by atoms with E-state index in [9.17, 15) is 5.11 Å². The molecule has 0 spiro atoms. The van der Waals surface area contributed by atoms with Gasteiger partial charge in [-0.2, -0.15) is 0 Å². The van der Waals surface area contributed by atoms with Gasteiger partial charge in [0.15, 0.2) is 5.82 Å². The number of nitrogens with zero attached hydrogens (tertiary/aromatic N) is 3. The van der Waals surface area contributed by atoms with Gasteiger partial charge in [-0.3, -0.25) is 0 Å². The van der Waals surface area contributed by atoms with Crippen LogP contribution in [0, 0.1) is 6.92 Å². The Morgan fingerprint density at radius 1 is 0.958 bits per heavy atom. The number of aryl methyl sites for hydroxylation is 1. The van der Waals surface area contributed by atoms with E-state index in [0.29, 0.717) is 11.4 Å². The minimum absolute atomic E-state index is 0.217. The molecule has 1 aromatic heterocycles. The summed E-state index contributed by atoms with van der Waals surface area (Å²) in [7, 11) is 0. The Morgan fingerprint density at radius 2 is 1.75 bits per heavy atom. The maximum atomic E-state index is 10.2. The van der Waals surface area contributed by atoms with Gasteiger partial charge >= 0.3 is 0 Å². The molecule has 1 N–H and O–H groups in total. The van der Waals surface area contributed by atoms with Gasteiger partial charge < -0.3 is 10.0 Å². The first kappa shape index (κ1) is 14.9. The van der Waals surface area contributed by atoms with E-state index < -0.39 is 0 Å². The molecule has 0 amide bonds. The Labute approximate surface area is 141 Å². The molecular formula is C20H21N3O. The lowest BCUT2D eigenvalue weighted by atomic mass is 10.1. The highest BCUT2D eigenvalue weighted by Gasteiger charge is 2.18. The predicted molar refractivity (Wildman–Crippen MR) is 97.4 cm³/mol. The van der Waals surface area contributed by atoms with Crippen molar-refractivity contribution in [3.8, 4) is 17.1 Å². The molecule has 1 fully saturated rings. The van der Waals surface area contributed by atoms with Crippen LogP contribution in [0.3, 0.4) is 0 Å². The monoisotopic (exact) mass is 319 g/mol. The van der Waals surface area contributed by atoms with Gasteiger partial charge in [0, 0.05) is 18.5 Å². The molecule has 1 saturated heterocycles. The van der Waals surface area contributed by atoms with Crippen LogP contribution >= 0.6 is 0 Å². The summed E-state index contributed by atoms with van der Waals surface area (Å²) < 4.78 is 0. The summed E-state index contributed by atoms with van der Waals surface area (Å²) in [6, 6.07) is 13.6. The number of piperidine rings is 1. The van der Waals surface area contributed by atoms with E-state index in [-0.39, 0.29) is 5.75 Å². The molecule has 2 aromatic carbocycles. The third kappa shape index (κ3) is 2.68. The molecule has 0 bridgehead atoms. The molecule has 4 heteroatoms. The van der Waals surface area contributed by atoms with Crippen LogP contribution < -0.4 is 4.90 Å². The predicted octanol–water partition coefficient (Wildman–Crippen LogP) is 4.30. The molecule has 0 unspecified atom stereocenters. The van der Waals surface area contributed by atoms with Crippen LogP contribution in [-0.4, -0.2) is 28.2 Å². The highest BCUT2D eigenvalue weighted by molar-refractivity contribution is 5.91. The van der Waals surface area contributed by atoms with Crippen LogP contribution in [0.5, 0.6) is 5.75 Å². The lowest BCUT2D eigenvalue weighted by molar-refractivity contribution is 0.477. The van der Waals surface area contributed by atoms with Crippen LogP contribution in [0.25, 0.3) is 22.3 Å². The fourth-order valence-corrected chi connectivity index (χ4v) is 3.35. The first-order valence-electron chi connectivity index (χ1n) is 8.54. The van der Waals surface area contributed by atoms with Gasteiger partial charge in [-0.25, -0.2) is 9.97 Å². The van der Waals surface area contributed by atoms with Gasteiger partial charge in [0.2, 0.25) is 0 Å². The SMILES string of the molecule is Cc1ccc2c(N3CCCCC3)nc(-c3ccccc3O)nc2c1. The minimum atomic E-state index is 0.217. The molecule has 122 valence electrons. The van der Waals surface area contributed by atoms with E-state index in [1.165, 1.54) is 24.8 Å². The summed E-state index contributed by atoms with van der Waals surface area (Å²) >= 11 is 0. The third-order valence-corrected chi connectivity index (χ3v) is 4.63. The molecule has 1 aliphatic rings. The van der Waals surface area contributed by atoms with Gasteiger partial charge in [-0.15, -0.1) is 0 Å². The molecule has 0 atom stereocenters. The maximum Gasteiger partial charge on any atom is 0.165 e. The molecule has 24 heavy (non-hydrogen) atoms. The Hall–Kier alpha value is -2.62. The summed E-state index contributed by atoms with van der Waals surface area (Å²) in [5.41, 5.74) is 2.79. The molecule has 4 nitrogen and oxygen atoms in total. The summed E-state index contributed by atoms with van der Waals surface area (Å²) in [4.78, 5) is 11.9. The van der Waals surface area contributed by atoms with E-state index in [2.05, 4.69) is 30.0 Å². The van der Waals surface area contributed by atoms with Gasteiger partial charge in [-0.05, 0) is 56.0 Å². The van der Waals surface area contributed by atoms with Crippen molar-refractivity contribution in [3.63, 3.8) is 0 Å². The standard InChI is InChI=1S/C20H21N3O/c1-14-9-10-15-17(13-14)21-19(16-7-3-4-8-18(16)24)22-20(15)23-11-5-2-6-12-23/h3-4,7-10,13,24H,2,5-6,11-12H2,1H3. The second-order valence-electron chi connectivity index (χ2n) is 6.46. The first-order valence-corrected chi connectivity index (χ1v) is 8.54. The largest absolute Gasteiger partial charge is 0.507 e. The number of benzene rings is 2. The Balaban J connectivity index is 1.93. The van der Waals surface area contributed by atoms with Crippen molar-refractivity contribution in [2.75, 3.05) is 18.0 Å². The van der Waals surface area contributed by atoms with E-state index in [1.807, 2.05) is 18.2 Å². The molecular weight excluding hydrogens is 298 g/mol. The number of aromatic hydroxyl groups is 1. The van der Waals surface area contributed by atoms with Crippen molar-refractivity contribution in [2.24, 2.45) is 0 Å². The number of rotatable bonds is 2.